The van der Waals surface area contributed by atoms with Crippen LogP contribution in [0, 0.1) is 11.8 Å². The van der Waals surface area contributed by atoms with Crippen LogP contribution < -0.4 is 4.90 Å². The molecule has 2 aliphatic rings. The lowest BCUT2D eigenvalue weighted by Crippen LogP contribution is -2.36. The summed E-state index contributed by atoms with van der Waals surface area (Å²) in [5.74, 6) is 2.15. The maximum Gasteiger partial charge on any atom is 0.266 e. The predicted molar refractivity (Wildman–Crippen MR) is 95.4 cm³/mol. The molecule has 1 saturated carbocycles. The number of aliphatic hydroxyl groups is 1. The summed E-state index contributed by atoms with van der Waals surface area (Å²) in [4.78, 5) is 6.76. The second kappa shape index (κ2) is 6.25. The first-order chi connectivity index (χ1) is 12.8. The zero-order chi connectivity index (χ0) is 17.5. The Morgan fingerprint density at radius 2 is 1.85 bits per heavy atom. The van der Waals surface area contributed by atoms with Crippen molar-refractivity contribution >= 4 is 5.95 Å². The van der Waals surface area contributed by atoms with Gasteiger partial charge in [0.2, 0.25) is 0 Å². The van der Waals surface area contributed by atoms with Crippen LogP contribution in [0.4, 0.5) is 5.95 Å². The van der Waals surface area contributed by atoms with E-state index in [-0.39, 0.29) is 12.1 Å². The van der Waals surface area contributed by atoms with Crippen molar-refractivity contribution in [3.8, 4) is 11.5 Å². The molecule has 0 unspecified atom stereocenters. The average molecular weight is 351 g/mol. The van der Waals surface area contributed by atoms with Crippen LogP contribution in [0.3, 0.4) is 0 Å². The Balaban J connectivity index is 1.32. The summed E-state index contributed by atoms with van der Waals surface area (Å²) < 4.78 is 7.35. The molecule has 7 heteroatoms. The number of hydrogen-bond donors (Lipinski definition) is 1. The van der Waals surface area contributed by atoms with Crippen molar-refractivity contribution in [1.82, 2.24) is 19.9 Å². The van der Waals surface area contributed by atoms with Crippen LogP contribution >= 0.6 is 0 Å². The van der Waals surface area contributed by atoms with E-state index in [0.29, 0.717) is 23.7 Å². The molecule has 2 aromatic heterocycles. The molecule has 1 aromatic carbocycles. The lowest BCUT2D eigenvalue weighted by Gasteiger charge is -2.35. The van der Waals surface area contributed by atoms with Gasteiger partial charge < -0.3 is 14.5 Å². The number of fused-ring (bicyclic) bond motifs is 1. The summed E-state index contributed by atoms with van der Waals surface area (Å²) in [6.07, 6.45) is 5.06. The van der Waals surface area contributed by atoms with E-state index in [2.05, 4.69) is 20.1 Å². The van der Waals surface area contributed by atoms with Crippen LogP contribution in [0.5, 0.6) is 0 Å². The average Bonchev–Trinajstić information content (AvgIpc) is 3.41. The zero-order valence-electron chi connectivity index (χ0n) is 14.3. The first-order valence-electron chi connectivity index (χ1n) is 9.09. The molecule has 1 saturated heterocycles. The molecule has 7 nitrogen and oxygen atoms in total. The number of aliphatic hydroxyl groups excluding tert-OH is 1. The molecular formula is C19H21N5O2. The van der Waals surface area contributed by atoms with E-state index in [1.54, 1.807) is 6.20 Å². The quantitative estimate of drug-likeness (QED) is 0.780. The summed E-state index contributed by atoms with van der Waals surface area (Å²) in [6.45, 7) is 1.75. The largest absolute Gasteiger partial charge is 0.391 e. The fraction of sp³-hybridized carbons (Fsp3) is 0.421. The second-order valence-electron chi connectivity index (χ2n) is 7.28. The molecule has 3 heterocycles. The highest BCUT2D eigenvalue weighted by molar-refractivity contribution is 5.54. The Hall–Kier alpha value is -2.67. The molecule has 0 spiro atoms. The third-order valence-electron chi connectivity index (χ3n) is 5.69. The molecule has 0 amide bonds. The van der Waals surface area contributed by atoms with Crippen molar-refractivity contribution in [2.24, 2.45) is 11.8 Å². The van der Waals surface area contributed by atoms with Gasteiger partial charge in [-0.1, -0.05) is 18.2 Å². The van der Waals surface area contributed by atoms with Gasteiger partial charge in [-0.2, -0.15) is 10.1 Å². The molecule has 4 atom stereocenters. The van der Waals surface area contributed by atoms with E-state index in [4.69, 9.17) is 4.52 Å². The van der Waals surface area contributed by atoms with Gasteiger partial charge in [0.05, 0.1) is 12.1 Å². The Morgan fingerprint density at radius 3 is 2.62 bits per heavy atom. The van der Waals surface area contributed by atoms with Gasteiger partial charge in [0.25, 0.3) is 11.8 Å². The smallest absolute Gasteiger partial charge is 0.266 e. The minimum Gasteiger partial charge on any atom is -0.391 e. The fourth-order valence-corrected chi connectivity index (χ4v) is 4.37. The molecule has 1 aliphatic carbocycles. The highest BCUT2D eigenvalue weighted by atomic mass is 16.5. The van der Waals surface area contributed by atoms with Crippen LogP contribution in [0.25, 0.3) is 11.5 Å². The van der Waals surface area contributed by atoms with Crippen molar-refractivity contribution in [3.05, 3.63) is 48.8 Å². The van der Waals surface area contributed by atoms with Gasteiger partial charge >= 0.3 is 0 Å². The molecule has 1 N–H and O–H groups in total. The molecule has 5 rings (SSSR count). The Morgan fingerprint density at radius 1 is 1.04 bits per heavy atom. The van der Waals surface area contributed by atoms with Crippen LogP contribution in [-0.4, -0.2) is 44.2 Å². The summed E-state index contributed by atoms with van der Waals surface area (Å²) in [7, 11) is 0. The highest BCUT2D eigenvalue weighted by Crippen LogP contribution is 2.42. The van der Waals surface area contributed by atoms with Crippen LogP contribution in [0.1, 0.15) is 18.9 Å². The van der Waals surface area contributed by atoms with E-state index in [1.807, 2.05) is 47.3 Å². The normalized spacial score (nSPS) is 28.3. The van der Waals surface area contributed by atoms with Gasteiger partial charge in [-0.15, -0.1) is 0 Å². The van der Waals surface area contributed by atoms with Gasteiger partial charge in [0.15, 0.2) is 0 Å². The first kappa shape index (κ1) is 15.6. The maximum atomic E-state index is 10.6. The van der Waals surface area contributed by atoms with Crippen LogP contribution in [0.2, 0.25) is 0 Å². The summed E-state index contributed by atoms with van der Waals surface area (Å²) >= 11 is 0. The monoisotopic (exact) mass is 351 g/mol. The van der Waals surface area contributed by atoms with Gasteiger partial charge in [0, 0.05) is 31.0 Å². The van der Waals surface area contributed by atoms with Crippen molar-refractivity contribution < 1.29 is 9.63 Å². The third-order valence-corrected chi connectivity index (χ3v) is 5.69. The fourth-order valence-electron chi connectivity index (χ4n) is 4.37. The van der Waals surface area contributed by atoms with Crippen molar-refractivity contribution in [1.29, 1.82) is 0 Å². The number of hydrogen-bond acceptors (Lipinski definition) is 6. The molecule has 0 bridgehead atoms. The Kier molecular flexibility index (Phi) is 3.74. The summed E-state index contributed by atoms with van der Waals surface area (Å²) in [5.41, 5.74) is 0.928. The predicted octanol–water partition coefficient (Wildman–Crippen LogP) is 2.38. The number of nitrogens with zero attached hydrogens (tertiary/aromatic N) is 5. The third kappa shape index (κ3) is 2.68. The lowest BCUT2D eigenvalue weighted by molar-refractivity contribution is 0.0306. The SMILES string of the molecule is O[C@@H]1C[C@H]2CN(c3noc(-c4ccccc4)n3)C[C@H]2C[C@H]1n1cccn1. The van der Waals surface area contributed by atoms with Crippen LogP contribution in [0.15, 0.2) is 53.3 Å². The van der Waals surface area contributed by atoms with Gasteiger partial charge in [-0.25, -0.2) is 0 Å². The second-order valence-corrected chi connectivity index (χ2v) is 7.28. The van der Waals surface area contributed by atoms with Crippen molar-refractivity contribution in [2.75, 3.05) is 18.0 Å². The first-order valence-corrected chi connectivity index (χ1v) is 9.09. The topological polar surface area (TPSA) is 80.2 Å². The zero-order valence-corrected chi connectivity index (χ0v) is 14.3. The molecule has 0 radical (unpaired) electrons. The number of aromatic nitrogens is 4. The molecule has 1 aliphatic heterocycles. The van der Waals surface area contributed by atoms with E-state index >= 15 is 0 Å². The number of benzene rings is 1. The van der Waals surface area contributed by atoms with E-state index in [0.717, 1.165) is 31.5 Å². The van der Waals surface area contributed by atoms with E-state index < -0.39 is 0 Å². The van der Waals surface area contributed by atoms with Gasteiger partial charge in [-0.3, -0.25) is 4.68 Å². The highest BCUT2D eigenvalue weighted by Gasteiger charge is 2.43. The summed E-state index contributed by atoms with van der Waals surface area (Å²) in [5, 5.41) is 19.1. The van der Waals surface area contributed by atoms with Crippen LogP contribution in [-0.2, 0) is 0 Å². The van der Waals surface area contributed by atoms with E-state index in [1.165, 1.54) is 0 Å². The molecule has 2 fully saturated rings. The number of anilines is 1. The Labute approximate surface area is 151 Å². The molecule has 3 aromatic rings. The minimum atomic E-state index is -0.360. The van der Waals surface area contributed by atoms with Crippen molar-refractivity contribution in [3.63, 3.8) is 0 Å². The Bertz CT molecular complexity index is 863. The van der Waals surface area contributed by atoms with Crippen molar-refractivity contribution in [2.45, 2.75) is 25.0 Å². The minimum absolute atomic E-state index is 0.0522. The standard InChI is InChI=1S/C19H21N5O2/c25-17-10-15-12-23(11-14(15)9-16(17)24-8-4-7-20-24)19-21-18(26-22-19)13-5-2-1-3-6-13/h1-8,14-17,25H,9-12H2/t14-,15+,16-,17-/m1/s1. The van der Waals surface area contributed by atoms with Gasteiger partial charge in [0.1, 0.15) is 0 Å². The maximum absolute atomic E-state index is 10.6. The molecular weight excluding hydrogens is 330 g/mol. The summed E-state index contributed by atoms with van der Waals surface area (Å²) in [6, 6.07) is 11.8. The molecule has 134 valence electrons. The molecule has 26 heavy (non-hydrogen) atoms. The van der Waals surface area contributed by atoms with Gasteiger partial charge in [-0.05, 0) is 48.0 Å². The number of rotatable bonds is 3. The van der Waals surface area contributed by atoms with E-state index in [9.17, 15) is 5.11 Å². The lowest BCUT2D eigenvalue weighted by atomic mass is 9.77.